The van der Waals surface area contributed by atoms with Crippen LogP contribution in [0.1, 0.15) is 62.0 Å². The van der Waals surface area contributed by atoms with Crippen LogP contribution in [-0.4, -0.2) is 59.7 Å². The number of alkyl halides is 1. The van der Waals surface area contributed by atoms with E-state index in [0.717, 1.165) is 37.1 Å². The topological polar surface area (TPSA) is 126 Å². The number of carbonyl (C=O) groups is 1. The predicted molar refractivity (Wildman–Crippen MR) is 173 cm³/mol. The van der Waals surface area contributed by atoms with Crippen LogP contribution < -0.4 is 20.7 Å². The van der Waals surface area contributed by atoms with E-state index in [2.05, 4.69) is 43.5 Å². The number of fused-ring (bicyclic) bond motifs is 1. The first-order valence-electron chi connectivity index (χ1n) is 14.2. The quantitative estimate of drug-likeness (QED) is 0.183. The van der Waals surface area contributed by atoms with E-state index in [1.807, 2.05) is 30.9 Å². The lowest BCUT2D eigenvalue weighted by Gasteiger charge is -2.31. The Morgan fingerprint density at radius 3 is 2.62 bits per heavy atom. The summed E-state index contributed by atoms with van der Waals surface area (Å²) in [6.07, 6.45) is 3.66. The lowest BCUT2D eigenvalue weighted by molar-refractivity contribution is 0.0674. The van der Waals surface area contributed by atoms with Crippen LogP contribution in [0.3, 0.4) is 0 Å². The van der Waals surface area contributed by atoms with Gasteiger partial charge in [-0.05, 0) is 76.9 Å². The van der Waals surface area contributed by atoms with Gasteiger partial charge in [0.15, 0.2) is 9.84 Å². The average Bonchev–Trinajstić information content (AvgIpc) is 3.28. The van der Waals surface area contributed by atoms with E-state index in [1.54, 1.807) is 44.3 Å². The van der Waals surface area contributed by atoms with Gasteiger partial charge in [-0.25, -0.2) is 13.4 Å². The Labute approximate surface area is 261 Å². The summed E-state index contributed by atoms with van der Waals surface area (Å²) in [4.78, 5) is 24.9. The van der Waals surface area contributed by atoms with Gasteiger partial charge in [0.1, 0.15) is 11.6 Å². The summed E-state index contributed by atoms with van der Waals surface area (Å²) in [6.45, 7) is 9.59. The number of nitrogens with zero attached hydrogens (tertiary/aromatic N) is 3. The van der Waals surface area contributed by atoms with Crippen molar-refractivity contribution in [1.29, 1.82) is 0 Å². The van der Waals surface area contributed by atoms with Crippen molar-refractivity contribution in [3.63, 3.8) is 0 Å². The van der Waals surface area contributed by atoms with Crippen molar-refractivity contribution >= 4 is 61.5 Å². The fourth-order valence-corrected chi connectivity index (χ4v) is 6.96. The molecule has 2 aliphatic heterocycles. The number of piperidine rings is 1. The van der Waals surface area contributed by atoms with Crippen molar-refractivity contribution in [2.24, 2.45) is 0 Å². The number of benzene rings is 2. The molecule has 0 aliphatic carbocycles. The number of aromatic nitrogens is 2. The van der Waals surface area contributed by atoms with Crippen molar-refractivity contribution < 1.29 is 17.9 Å². The minimum atomic E-state index is -3.53. The Morgan fingerprint density at radius 1 is 1.14 bits per heavy atom. The maximum absolute atomic E-state index is 13.5. The molecular formula is C30H37IN6O4S. The molecule has 1 aromatic heterocycles. The van der Waals surface area contributed by atoms with Gasteiger partial charge < -0.3 is 25.6 Å². The molecule has 1 fully saturated rings. The second-order valence-electron chi connectivity index (χ2n) is 11.1. The predicted octanol–water partition coefficient (Wildman–Crippen LogP) is 5.58. The Hall–Kier alpha value is -2.97. The summed E-state index contributed by atoms with van der Waals surface area (Å²) in [6, 6.07) is 10.8. The van der Waals surface area contributed by atoms with Crippen LogP contribution in [0.25, 0.3) is 0 Å². The molecule has 0 unspecified atom stereocenters. The van der Waals surface area contributed by atoms with Gasteiger partial charge in [-0.3, -0.25) is 4.79 Å². The summed E-state index contributed by atoms with van der Waals surface area (Å²) < 4.78 is 32.9. The van der Waals surface area contributed by atoms with Crippen molar-refractivity contribution in [3.05, 3.63) is 59.3 Å². The maximum atomic E-state index is 13.5. The molecule has 224 valence electrons. The number of anilines is 4. The third kappa shape index (κ3) is 6.35. The van der Waals surface area contributed by atoms with Gasteiger partial charge in [-0.15, -0.1) is 0 Å². The Bertz CT molecular complexity index is 1570. The Balaban J connectivity index is 1.47. The van der Waals surface area contributed by atoms with Gasteiger partial charge >= 0.3 is 0 Å². The largest absolute Gasteiger partial charge is 0.489 e. The Kier molecular flexibility index (Phi) is 9.23. The fraction of sp³-hybridized carbons (Fsp3) is 0.433. The number of rotatable bonds is 10. The van der Waals surface area contributed by atoms with Crippen molar-refractivity contribution in [1.82, 2.24) is 20.2 Å². The van der Waals surface area contributed by atoms with E-state index in [0.29, 0.717) is 45.4 Å². The van der Waals surface area contributed by atoms with Crippen LogP contribution in [0.4, 0.5) is 23.1 Å². The van der Waals surface area contributed by atoms with Crippen LogP contribution >= 0.6 is 22.6 Å². The molecule has 3 N–H and O–H groups in total. The van der Waals surface area contributed by atoms with Crippen molar-refractivity contribution in [2.45, 2.75) is 73.8 Å². The first-order chi connectivity index (χ1) is 20.1. The minimum Gasteiger partial charge on any atom is -0.489 e. The summed E-state index contributed by atoms with van der Waals surface area (Å²) in [7, 11) is -3.53. The number of sulfone groups is 1. The van der Waals surface area contributed by atoms with Gasteiger partial charge in [0.2, 0.25) is 5.95 Å². The highest BCUT2D eigenvalue weighted by molar-refractivity contribution is 14.1. The molecule has 5 rings (SSSR count). The number of nitrogens with one attached hydrogen (secondary N) is 3. The molecule has 0 saturated carbocycles. The van der Waals surface area contributed by atoms with E-state index in [4.69, 9.17) is 9.72 Å². The molecule has 3 aromatic rings. The van der Waals surface area contributed by atoms with Gasteiger partial charge in [-0.2, -0.15) is 4.98 Å². The molecule has 1 amide bonds. The first kappa shape index (κ1) is 30.5. The Morgan fingerprint density at radius 2 is 1.93 bits per heavy atom. The molecular weight excluding hydrogens is 667 g/mol. The normalized spacial score (nSPS) is 17.1. The number of para-hydroxylation sites is 1. The zero-order chi connectivity index (χ0) is 30.0. The van der Waals surface area contributed by atoms with Gasteiger partial charge in [-0.1, -0.05) is 34.7 Å². The molecule has 2 aliphatic rings. The molecule has 12 heteroatoms. The number of halogens is 1. The summed E-state index contributed by atoms with van der Waals surface area (Å²) >= 11 is 2.23. The second-order valence-corrected chi connectivity index (χ2v) is 14.4. The number of carbonyl (C=O) groups excluding carboxylic acids is 1. The fourth-order valence-electron chi connectivity index (χ4n) is 5.20. The van der Waals surface area contributed by atoms with Crippen LogP contribution in [0.5, 0.6) is 5.75 Å². The minimum absolute atomic E-state index is 0.0179. The highest BCUT2D eigenvalue weighted by atomic mass is 127. The van der Waals surface area contributed by atoms with Crippen LogP contribution in [0.2, 0.25) is 0 Å². The molecule has 0 radical (unpaired) electrons. The monoisotopic (exact) mass is 704 g/mol. The van der Waals surface area contributed by atoms with Crippen LogP contribution in [0.15, 0.2) is 47.5 Å². The standard InChI is InChI=1S/C30H37IN6O4S/c1-18(2)41-26-12-20-17-37(22-8-7-11-32-16-22)29(38)23(20)13-25(26)35-30-33-15-21(14-31)28(36-30)34-24-9-5-6-10-27(24)42(39,40)19(3)4/h5-6,9-10,12-13,15,18-19,22,32H,7-8,11,14,16-17H2,1-4H3,(H2,33,34,35,36)/t22-/m1/s1. The molecule has 1 saturated heterocycles. The molecule has 2 aromatic carbocycles. The summed E-state index contributed by atoms with van der Waals surface area (Å²) in [5.74, 6) is 1.42. The lowest BCUT2D eigenvalue weighted by atomic mass is 10.1. The van der Waals surface area contributed by atoms with Crippen LogP contribution in [0, 0.1) is 0 Å². The molecule has 1 atom stereocenters. The van der Waals surface area contributed by atoms with E-state index in [9.17, 15) is 13.2 Å². The summed E-state index contributed by atoms with van der Waals surface area (Å²) in [5.41, 5.74) is 3.45. The molecule has 10 nitrogen and oxygen atoms in total. The molecule has 42 heavy (non-hydrogen) atoms. The lowest BCUT2D eigenvalue weighted by Crippen LogP contribution is -2.46. The first-order valence-corrected chi connectivity index (χ1v) is 17.3. The highest BCUT2D eigenvalue weighted by Crippen LogP contribution is 2.37. The van der Waals surface area contributed by atoms with E-state index in [1.165, 1.54) is 0 Å². The third-order valence-corrected chi connectivity index (χ3v) is 10.5. The van der Waals surface area contributed by atoms with E-state index < -0.39 is 15.1 Å². The molecule has 0 spiro atoms. The van der Waals surface area contributed by atoms with Gasteiger partial charge in [0.25, 0.3) is 5.91 Å². The SMILES string of the molecule is CC(C)Oc1cc2c(cc1Nc1ncc(CI)c(Nc3ccccc3S(=O)(=O)C(C)C)n1)C(=O)N([C@@H]1CCCNC1)C2. The third-order valence-electron chi connectivity index (χ3n) is 7.43. The summed E-state index contributed by atoms with van der Waals surface area (Å²) in [5, 5.41) is 9.35. The second kappa shape index (κ2) is 12.7. The van der Waals surface area contributed by atoms with Crippen LogP contribution in [-0.2, 0) is 20.8 Å². The number of hydrogen-bond acceptors (Lipinski definition) is 9. The molecule has 3 heterocycles. The van der Waals surface area contributed by atoms with Crippen molar-refractivity contribution in [2.75, 3.05) is 23.7 Å². The van der Waals surface area contributed by atoms with E-state index >= 15 is 0 Å². The maximum Gasteiger partial charge on any atom is 0.254 e. The average molecular weight is 705 g/mol. The highest BCUT2D eigenvalue weighted by Gasteiger charge is 2.34. The number of hydrogen-bond donors (Lipinski definition) is 3. The van der Waals surface area contributed by atoms with Gasteiger partial charge in [0.05, 0.1) is 27.6 Å². The van der Waals surface area contributed by atoms with Gasteiger partial charge in [0, 0.05) is 40.9 Å². The zero-order valence-electron chi connectivity index (χ0n) is 24.3. The molecule has 0 bridgehead atoms. The zero-order valence-corrected chi connectivity index (χ0v) is 27.3. The van der Waals surface area contributed by atoms with Crippen molar-refractivity contribution in [3.8, 4) is 5.75 Å². The number of ether oxygens (including phenoxy) is 1. The number of amides is 1. The van der Waals surface area contributed by atoms with E-state index in [-0.39, 0.29) is 22.9 Å². The smallest absolute Gasteiger partial charge is 0.254 e.